The van der Waals surface area contributed by atoms with E-state index < -0.39 is 0 Å². The van der Waals surface area contributed by atoms with E-state index in [1.807, 2.05) is 23.9 Å². The van der Waals surface area contributed by atoms with Crippen LogP contribution in [0.3, 0.4) is 0 Å². The van der Waals surface area contributed by atoms with Crippen molar-refractivity contribution in [1.82, 2.24) is 14.9 Å². The number of likely N-dealkylation sites (tertiary alicyclic amines) is 1. The summed E-state index contributed by atoms with van der Waals surface area (Å²) < 4.78 is 6.05. The van der Waals surface area contributed by atoms with Crippen molar-refractivity contribution in [3.05, 3.63) is 12.4 Å². The Morgan fingerprint density at radius 2 is 2.04 bits per heavy atom. The van der Waals surface area contributed by atoms with Gasteiger partial charge < -0.3 is 14.5 Å². The minimum Gasteiger partial charge on any atom is -0.470 e. The fourth-order valence-corrected chi connectivity index (χ4v) is 2.69. The van der Waals surface area contributed by atoms with Crippen LogP contribution in [0.5, 0.6) is 5.88 Å². The first-order valence-electron chi connectivity index (χ1n) is 8.19. The summed E-state index contributed by atoms with van der Waals surface area (Å²) in [6.45, 7) is 7.71. The van der Waals surface area contributed by atoms with E-state index in [4.69, 9.17) is 4.74 Å². The van der Waals surface area contributed by atoms with Gasteiger partial charge in [-0.15, -0.1) is 0 Å². The number of carbonyl (C=O) groups is 1. The molecule has 23 heavy (non-hydrogen) atoms. The highest BCUT2D eigenvalue weighted by molar-refractivity contribution is 5.77. The maximum Gasteiger partial charge on any atom is 0.257 e. The molecule has 1 aliphatic rings. The Kier molecular flexibility index (Phi) is 5.44. The second-order valence-electron chi connectivity index (χ2n) is 7.54. The predicted molar refractivity (Wildman–Crippen MR) is 90.7 cm³/mol. The quantitative estimate of drug-likeness (QED) is 0.852. The molecule has 6 nitrogen and oxygen atoms in total. The molecule has 1 fully saturated rings. The van der Waals surface area contributed by atoms with Crippen molar-refractivity contribution in [2.45, 2.75) is 46.1 Å². The van der Waals surface area contributed by atoms with Gasteiger partial charge in [0.25, 0.3) is 5.88 Å². The Morgan fingerprint density at radius 3 is 2.70 bits per heavy atom. The molecule has 1 aliphatic heterocycles. The Hall–Kier alpha value is -1.85. The molecular formula is C17H28N4O2. The average Bonchev–Trinajstić information content (AvgIpc) is 2.46. The van der Waals surface area contributed by atoms with Gasteiger partial charge in [-0.25, -0.2) is 9.97 Å². The van der Waals surface area contributed by atoms with Crippen molar-refractivity contribution in [1.29, 1.82) is 0 Å². The number of carbonyl (C=O) groups excluding carboxylic acids is 1. The molecule has 1 aromatic rings. The van der Waals surface area contributed by atoms with Crippen LogP contribution in [0.4, 0.5) is 5.82 Å². The predicted octanol–water partition coefficient (Wildman–Crippen LogP) is 2.35. The Morgan fingerprint density at radius 1 is 1.35 bits per heavy atom. The highest BCUT2D eigenvalue weighted by Crippen LogP contribution is 2.25. The molecule has 128 valence electrons. The zero-order chi connectivity index (χ0) is 17.0. The summed E-state index contributed by atoms with van der Waals surface area (Å²) in [6.07, 6.45) is 5.72. The number of piperidine rings is 1. The molecule has 2 rings (SSSR count). The van der Waals surface area contributed by atoms with Crippen LogP contribution in [0.1, 0.15) is 40.0 Å². The van der Waals surface area contributed by atoms with Crippen LogP contribution in [0.15, 0.2) is 12.4 Å². The lowest BCUT2D eigenvalue weighted by Crippen LogP contribution is -2.45. The van der Waals surface area contributed by atoms with E-state index in [0.29, 0.717) is 24.7 Å². The van der Waals surface area contributed by atoms with Gasteiger partial charge in [0.1, 0.15) is 6.10 Å². The van der Waals surface area contributed by atoms with Crippen LogP contribution in [0.2, 0.25) is 0 Å². The molecule has 0 saturated carbocycles. The number of amides is 1. The van der Waals surface area contributed by atoms with Crippen LogP contribution in [0, 0.1) is 5.41 Å². The molecule has 0 spiro atoms. The van der Waals surface area contributed by atoms with E-state index >= 15 is 0 Å². The van der Waals surface area contributed by atoms with E-state index in [0.717, 1.165) is 19.4 Å². The van der Waals surface area contributed by atoms with Crippen LogP contribution < -0.4 is 9.64 Å². The topological polar surface area (TPSA) is 58.6 Å². The zero-order valence-corrected chi connectivity index (χ0v) is 14.9. The first-order chi connectivity index (χ1) is 10.8. The SMILES string of the molecule is CN(C)c1nccnc1OC1CCCN(C(=O)CC(C)(C)C)C1. The first kappa shape index (κ1) is 17.5. The van der Waals surface area contributed by atoms with Gasteiger partial charge in [0.2, 0.25) is 5.91 Å². The van der Waals surface area contributed by atoms with E-state index in [9.17, 15) is 4.79 Å². The molecule has 0 bridgehead atoms. The van der Waals surface area contributed by atoms with Crippen LogP contribution in [-0.2, 0) is 4.79 Å². The van der Waals surface area contributed by atoms with Crippen molar-refractivity contribution < 1.29 is 9.53 Å². The maximum atomic E-state index is 12.4. The van der Waals surface area contributed by atoms with Gasteiger partial charge in [0.15, 0.2) is 5.82 Å². The lowest BCUT2D eigenvalue weighted by Gasteiger charge is -2.34. The minimum atomic E-state index is -0.0249. The molecule has 2 heterocycles. The van der Waals surface area contributed by atoms with Crippen molar-refractivity contribution in [3.63, 3.8) is 0 Å². The number of ether oxygens (including phenoxy) is 1. The largest absolute Gasteiger partial charge is 0.470 e. The van der Waals surface area contributed by atoms with Gasteiger partial charge in [-0.2, -0.15) is 0 Å². The van der Waals surface area contributed by atoms with E-state index in [1.54, 1.807) is 12.4 Å². The fraction of sp³-hybridized carbons (Fsp3) is 0.706. The second-order valence-corrected chi connectivity index (χ2v) is 7.54. The molecule has 0 N–H and O–H groups in total. The summed E-state index contributed by atoms with van der Waals surface area (Å²) in [7, 11) is 3.83. The monoisotopic (exact) mass is 320 g/mol. The van der Waals surface area contributed by atoms with E-state index in [2.05, 4.69) is 30.7 Å². The summed E-state index contributed by atoms with van der Waals surface area (Å²) in [4.78, 5) is 24.8. The van der Waals surface area contributed by atoms with Crippen molar-refractivity contribution in [2.75, 3.05) is 32.1 Å². The molecule has 0 radical (unpaired) electrons. The smallest absolute Gasteiger partial charge is 0.257 e. The number of anilines is 1. The van der Waals surface area contributed by atoms with Gasteiger partial charge in [0, 0.05) is 39.5 Å². The second kappa shape index (κ2) is 7.15. The molecule has 6 heteroatoms. The third-order valence-corrected chi connectivity index (χ3v) is 3.76. The Bertz CT molecular complexity index is 540. The average molecular weight is 320 g/mol. The molecule has 1 aromatic heterocycles. The number of nitrogens with zero attached hydrogens (tertiary/aromatic N) is 4. The van der Waals surface area contributed by atoms with Gasteiger partial charge in [-0.1, -0.05) is 20.8 Å². The van der Waals surface area contributed by atoms with Crippen molar-refractivity contribution >= 4 is 11.7 Å². The normalized spacial score (nSPS) is 18.7. The first-order valence-corrected chi connectivity index (χ1v) is 8.19. The highest BCUT2D eigenvalue weighted by Gasteiger charge is 2.28. The summed E-state index contributed by atoms with van der Waals surface area (Å²) in [6, 6.07) is 0. The number of hydrogen-bond donors (Lipinski definition) is 0. The van der Waals surface area contributed by atoms with Crippen LogP contribution >= 0.6 is 0 Å². The van der Waals surface area contributed by atoms with Gasteiger partial charge in [-0.3, -0.25) is 4.79 Å². The summed E-state index contributed by atoms with van der Waals surface area (Å²) >= 11 is 0. The lowest BCUT2D eigenvalue weighted by molar-refractivity contribution is -0.135. The summed E-state index contributed by atoms with van der Waals surface area (Å²) in [5.74, 6) is 1.45. The molecule has 1 saturated heterocycles. The van der Waals surface area contributed by atoms with E-state index in [-0.39, 0.29) is 17.4 Å². The minimum absolute atomic E-state index is 0.00782. The highest BCUT2D eigenvalue weighted by atomic mass is 16.5. The van der Waals surface area contributed by atoms with Gasteiger partial charge >= 0.3 is 0 Å². The lowest BCUT2D eigenvalue weighted by atomic mass is 9.91. The zero-order valence-electron chi connectivity index (χ0n) is 14.9. The molecular weight excluding hydrogens is 292 g/mol. The molecule has 1 atom stereocenters. The summed E-state index contributed by atoms with van der Waals surface area (Å²) in [5, 5.41) is 0. The fourth-order valence-electron chi connectivity index (χ4n) is 2.69. The van der Waals surface area contributed by atoms with E-state index in [1.165, 1.54) is 0 Å². The number of hydrogen-bond acceptors (Lipinski definition) is 5. The number of rotatable bonds is 4. The third kappa shape index (κ3) is 5.08. The maximum absolute atomic E-state index is 12.4. The molecule has 0 aliphatic carbocycles. The summed E-state index contributed by atoms with van der Waals surface area (Å²) in [5.41, 5.74) is 0.00782. The third-order valence-electron chi connectivity index (χ3n) is 3.76. The van der Waals surface area contributed by atoms with Crippen molar-refractivity contribution in [3.8, 4) is 5.88 Å². The molecule has 1 unspecified atom stereocenters. The van der Waals surface area contributed by atoms with Gasteiger partial charge in [-0.05, 0) is 18.3 Å². The standard InChI is InChI=1S/C17H28N4O2/c1-17(2,3)11-14(22)21-10-6-7-13(12-21)23-16-15(20(4)5)18-8-9-19-16/h8-9,13H,6-7,10-12H2,1-5H3. The number of aromatic nitrogens is 2. The Balaban J connectivity index is 2.01. The van der Waals surface area contributed by atoms with Crippen molar-refractivity contribution in [2.24, 2.45) is 5.41 Å². The van der Waals surface area contributed by atoms with Crippen LogP contribution in [0.25, 0.3) is 0 Å². The van der Waals surface area contributed by atoms with Crippen LogP contribution in [-0.4, -0.2) is 54.1 Å². The molecule has 0 aromatic carbocycles. The molecule has 1 amide bonds. The van der Waals surface area contributed by atoms with Gasteiger partial charge in [0.05, 0.1) is 6.54 Å². The Labute approximate surface area is 138 Å².